The number of nitrogens with two attached hydrogens (primary N) is 1. The first kappa shape index (κ1) is 14.4. The van der Waals surface area contributed by atoms with Gasteiger partial charge in [-0.15, -0.1) is 0 Å². The number of benzene rings is 1. The SMILES string of the molecule is COC1(C)CCCN(Cc2cccc(C(N)=S)c2)C1. The molecule has 1 aliphatic heterocycles. The van der Waals surface area contributed by atoms with Crippen molar-refractivity contribution in [2.45, 2.75) is 31.9 Å². The Morgan fingerprint density at radius 1 is 1.53 bits per heavy atom. The van der Waals surface area contributed by atoms with Gasteiger partial charge in [-0.25, -0.2) is 0 Å². The Labute approximate surface area is 120 Å². The molecule has 3 nitrogen and oxygen atoms in total. The van der Waals surface area contributed by atoms with E-state index in [4.69, 9.17) is 22.7 Å². The molecule has 1 unspecified atom stereocenters. The molecule has 19 heavy (non-hydrogen) atoms. The van der Waals surface area contributed by atoms with Gasteiger partial charge < -0.3 is 10.5 Å². The molecular weight excluding hydrogens is 256 g/mol. The first-order chi connectivity index (χ1) is 9.02. The second kappa shape index (κ2) is 5.99. The van der Waals surface area contributed by atoms with Crippen LogP contribution < -0.4 is 5.73 Å². The van der Waals surface area contributed by atoms with Gasteiger partial charge in [-0.3, -0.25) is 4.90 Å². The van der Waals surface area contributed by atoms with Crippen LogP contribution in [0.1, 0.15) is 30.9 Å². The van der Waals surface area contributed by atoms with Crippen molar-refractivity contribution in [3.8, 4) is 0 Å². The fourth-order valence-corrected chi connectivity index (χ4v) is 2.82. The number of hydrogen-bond donors (Lipinski definition) is 1. The average Bonchev–Trinajstić information content (AvgIpc) is 2.39. The summed E-state index contributed by atoms with van der Waals surface area (Å²) >= 11 is 5.03. The zero-order chi connectivity index (χ0) is 13.9. The second-order valence-corrected chi connectivity index (χ2v) is 5.97. The Bertz CT molecular complexity index is 463. The van der Waals surface area contributed by atoms with Crippen LogP contribution in [0.5, 0.6) is 0 Å². The highest BCUT2D eigenvalue weighted by molar-refractivity contribution is 7.80. The molecule has 2 rings (SSSR count). The average molecular weight is 278 g/mol. The molecular formula is C15H22N2OS. The number of nitrogens with zero attached hydrogens (tertiary/aromatic N) is 1. The number of hydrogen-bond acceptors (Lipinski definition) is 3. The predicted octanol–water partition coefficient (Wildman–Crippen LogP) is 2.32. The van der Waals surface area contributed by atoms with Gasteiger partial charge in [0.2, 0.25) is 0 Å². The summed E-state index contributed by atoms with van der Waals surface area (Å²) in [7, 11) is 1.80. The topological polar surface area (TPSA) is 38.5 Å². The van der Waals surface area contributed by atoms with Gasteiger partial charge in [0.15, 0.2) is 0 Å². The van der Waals surface area contributed by atoms with E-state index in [-0.39, 0.29) is 5.60 Å². The minimum atomic E-state index is -0.0149. The number of thiocarbonyl (C=S) groups is 1. The van der Waals surface area contributed by atoms with Gasteiger partial charge in [0.1, 0.15) is 4.99 Å². The highest BCUT2D eigenvalue weighted by atomic mass is 32.1. The third-order valence-corrected chi connectivity index (χ3v) is 4.08. The highest BCUT2D eigenvalue weighted by Gasteiger charge is 2.30. The normalized spacial score (nSPS) is 24.3. The lowest BCUT2D eigenvalue weighted by Crippen LogP contribution is -2.46. The number of likely N-dealkylation sites (tertiary alicyclic amines) is 1. The summed E-state index contributed by atoms with van der Waals surface area (Å²) in [5, 5.41) is 0. The van der Waals surface area contributed by atoms with Gasteiger partial charge in [0.25, 0.3) is 0 Å². The first-order valence-electron chi connectivity index (χ1n) is 6.69. The predicted molar refractivity (Wildman–Crippen MR) is 82.3 cm³/mol. The van der Waals surface area contributed by atoms with Crippen LogP contribution in [0.25, 0.3) is 0 Å². The van der Waals surface area contributed by atoms with Crippen molar-refractivity contribution in [1.29, 1.82) is 0 Å². The molecule has 0 aliphatic carbocycles. The van der Waals surface area contributed by atoms with E-state index in [2.05, 4.69) is 24.0 Å². The molecule has 4 heteroatoms. The fraction of sp³-hybridized carbons (Fsp3) is 0.533. The summed E-state index contributed by atoms with van der Waals surface area (Å²) in [6.07, 6.45) is 2.31. The number of ether oxygens (including phenoxy) is 1. The summed E-state index contributed by atoms with van der Waals surface area (Å²) < 4.78 is 5.63. The Balaban J connectivity index is 2.04. The number of methoxy groups -OCH3 is 1. The monoisotopic (exact) mass is 278 g/mol. The van der Waals surface area contributed by atoms with E-state index in [1.165, 1.54) is 12.0 Å². The van der Waals surface area contributed by atoms with E-state index in [1.807, 2.05) is 12.1 Å². The van der Waals surface area contributed by atoms with Crippen molar-refractivity contribution in [1.82, 2.24) is 4.90 Å². The van der Waals surface area contributed by atoms with Crippen LogP contribution in [0.3, 0.4) is 0 Å². The molecule has 1 heterocycles. The number of rotatable bonds is 4. The Morgan fingerprint density at radius 2 is 2.32 bits per heavy atom. The highest BCUT2D eigenvalue weighted by Crippen LogP contribution is 2.25. The summed E-state index contributed by atoms with van der Waals surface area (Å²) in [6.45, 7) is 5.21. The van der Waals surface area contributed by atoms with Crippen molar-refractivity contribution in [3.63, 3.8) is 0 Å². The van der Waals surface area contributed by atoms with Crippen LogP contribution >= 0.6 is 12.2 Å². The van der Waals surface area contributed by atoms with Crippen LogP contribution in [0.4, 0.5) is 0 Å². The Hall–Kier alpha value is -0.970. The van der Waals surface area contributed by atoms with Crippen LogP contribution in [-0.2, 0) is 11.3 Å². The van der Waals surface area contributed by atoms with E-state index < -0.39 is 0 Å². The van der Waals surface area contributed by atoms with E-state index in [9.17, 15) is 0 Å². The van der Waals surface area contributed by atoms with E-state index in [0.29, 0.717) is 4.99 Å². The van der Waals surface area contributed by atoms with Crippen molar-refractivity contribution in [3.05, 3.63) is 35.4 Å². The molecule has 1 aromatic rings. The lowest BCUT2D eigenvalue weighted by atomic mass is 9.94. The maximum atomic E-state index is 5.68. The Kier molecular flexibility index (Phi) is 4.55. The zero-order valence-electron chi connectivity index (χ0n) is 11.7. The number of piperidine rings is 1. The van der Waals surface area contributed by atoms with Crippen molar-refractivity contribution < 1.29 is 4.74 Å². The van der Waals surface area contributed by atoms with Crippen LogP contribution in [-0.4, -0.2) is 35.7 Å². The van der Waals surface area contributed by atoms with Gasteiger partial charge in [-0.1, -0.05) is 30.4 Å². The maximum Gasteiger partial charge on any atom is 0.103 e. The van der Waals surface area contributed by atoms with Gasteiger partial charge >= 0.3 is 0 Å². The molecule has 0 amide bonds. The fourth-order valence-electron chi connectivity index (χ4n) is 2.69. The third-order valence-electron chi connectivity index (χ3n) is 3.85. The summed E-state index contributed by atoms with van der Waals surface area (Å²) in [4.78, 5) is 2.90. The minimum absolute atomic E-state index is 0.0149. The summed E-state index contributed by atoms with van der Waals surface area (Å²) in [5.41, 5.74) is 7.86. The lowest BCUT2D eigenvalue weighted by molar-refractivity contribution is -0.0527. The van der Waals surface area contributed by atoms with Crippen molar-refractivity contribution >= 4 is 17.2 Å². The quantitative estimate of drug-likeness (QED) is 0.858. The zero-order valence-corrected chi connectivity index (χ0v) is 12.5. The second-order valence-electron chi connectivity index (χ2n) is 5.53. The summed E-state index contributed by atoms with van der Waals surface area (Å²) in [5.74, 6) is 0. The standard InChI is InChI=1S/C15H22N2OS/c1-15(18-2)7-4-8-17(11-15)10-12-5-3-6-13(9-12)14(16)19/h3,5-6,9H,4,7-8,10-11H2,1-2H3,(H2,16,19). The molecule has 1 saturated heterocycles. The molecule has 1 aromatic carbocycles. The molecule has 1 fully saturated rings. The molecule has 0 spiro atoms. The van der Waals surface area contributed by atoms with Gasteiger partial charge in [-0.05, 0) is 37.9 Å². The van der Waals surface area contributed by atoms with Gasteiger partial charge in [0.05, 0.1) is 5.60 Å². The van der Waals surface area contributed by atoms with Gasteiger partial charge in [0, 0.05) is 25.8 Å². The molecule has 0 saturated carbocycles. The first-order valence-corrected chi connectivity index (χ1v) is 7.09. The smallest absolute Gasteiger partial charge is 0.103 e. The van der Waals surface area contributed by atoms with Crippen LogP contribution in [0.15, 0.2) is 24.3 Å². The molecule has 0 aromatic heterocycles. The minimum Gasteiger partial charge on any atom is -0.389 e. The van der Waals surface area contributed by atoms with E-state index in [1.54, 1.807) is 7.11 Å². The molecule has 1 atom stereocenters. The van der Waals surface area contributed by atoms with Crippen LogP contribution in [0, 0.1) is 0 Å². The largest absolute Gasteiger partial charge is 0.389 e. The maximum absolute atomic E-state index is 5.68. The molecule has 0 radical (unpaired) electrons. The van der Waals surface area contributed by atoms with Crippen LogP contribution in [0.2, 0.25) is 0 Å². The van der Waals surface area contributed by atoms with E-state index >= 15 is 0 Å². The molecule has 1 aliphatic rings. The molecule has 104 valence electrons. The lowest BCUT2D eigenvalue weighted by Gasteiger charge is -2.39. The molecule has 0 bridgehead atoms. The third kappa shape index (κ3) is 3.75. The Morgan fingerprint density at radius 3 is 3.00 bits per heavy atom. The van der Waals surface area contributed by atoms with Crippen molar-refractivity contribution in [2.75, 3.05) is 20.2 Å². The van der Waals surface area contributed by atoms with E-state index in [0.717, 1.165) is 31.6 Å². The molecule has 2 N–H and O–H groups in total. The van der Waals surface area contributed by atoms with Gasteiger partial charge in [-0.2, -0.15) is 0 Å². The summed E-state index contributed by atoms with van der Waals surface area (Å²) in [6, 6.07) is 8.19. The van der Waals surface area contributed by atoms with Crippen molar-refractivity contribution in [2.24, 2.45) is 5.73 Å².